The fourth-order valence-corrected chi connectivity index (χ4v) is 3.36. The molecule has 1 saturated carbocycles. The Hall–Kier alpha value is -0.820. The zero-order valence-electron chi connectivity index (χ0n) is 12.4. The Morgan fingerprint density at radius 1 is 1.16 bits per heavy atom. The van der Waals surface area contributed by atoms with Gasteiger partial charge < -0.3 is 5.73 Å². The minimum atomic E-state index is 0.236. The van der Waals surface area contributed by atoms with Crippen LogP contribution in [0.3, 0.4) is 0 Å². The predicted molar refractivity (Wildman–Crippen MR) is 83.2 cm³/mol. The van der Waals surface area contributed by atoms with Crippen molar-refractivity contribution in [2.75, 3.05) is 0 Å². The van der Waals surface area contributed by atoms with Crippen molar-refractivity contribution in [1.82, 2.24) is 0 Å². The summed E-state index contributed by atoms with van der Waals surface area (Å²) in [5, 5.41) is 0. The van der Waals surface area contributed by atoms with E-state index >= 15 is 0 Å². The van der Waals surface area contributed by atoms with Crippen LogP contribution in [0.1, 0.15) is 75.5 Å². The van der Waals surface area contributed by atoms with E-state index in [4.69, 9.17) is 5.73 Å². The van der Waals surface area contributed by atoms with Crippen molar-refractivity contribution < 1.29 is 0 Å². The summed E-state index contributed by atoms with van der Waals surface area (Å²) in [5.74, 6) is 0.854. The van der Waals surface area contributed by atoms with E-state index in [9.17, 15) is 0 Å². The second-order valence-corrected chi connectivity index (χ2v) is 6.19. The second-order valence-electron chi connectivity index (χ2n) is 6.19. The molecule has 1 aromatic rings. The molecule has 0 aliphatic heterocycles. The highest BCUT2D eigenvalue weighted by molar-refractivity contribution is 5.26. The number of hydrogen-bond acceptors (Lipinski definition) is 1. The van der Waals surface area contributed by atoms with Crippen LogP contribution in [0.2, 0.25) is 0 Å². The average molecular weight is 259 g/mol. The van der Waals surface area contributed by atoms with E-state index in [1.165, 1.54) is 68.9 Å². The lowest BCUT2D eigenvalue weighted by molar-refractivity contribution is 0.393. The van der Waals surface area contributed by atoms with Crippen LogP contribution in [-0.4, -0.2) is 0 Å². The summed E-state index contributed by atoms with van der Waals surface area (Å²) in [6.45, 7) is 2.23. The van der Waals surface area contributed by atoms with Crippen LogP contribution in [0.4, 0.5) is 0 Å². The van der Waals surface area contributed by atoms with Crippen molar-refractivity contribution in [2.24, 2.45) is 11.7 Å². The van der Waals surface area contributed by atoms with E-state index in [2.05, 4.69) is 31.2 Å². The summed E-state index contributed by atoms with van der Waals surface area (Å²) in [5.41, 5.74) is 9.23. The van der Waals surface area contributed by atoms with Gasteiger partial charge in [0.05, 0.1) is 0 Å². The third-order valence-electron chi connectivity index (χ3n) is 4.48. The molecule has 1 unspecified atom stereocenters. The molecule has 1 aliphatic carbocycles. The summed E-state index contributed by atoms with van der Waals surface area (Å²) in [6, 6.07) is 9.17. The lowest BCUT2D eigenvalue weighted by Gasteiger charge is -2.20. The third-order valence-corrected chi connectivity index (χ3v) is 4.48. The third kappa shape index (κ3) is 4.65. The number of aryl methyl sites for hydroxylation is 1. The van der Waals surface area contributed by atoms with Gasteiger partial charge in [-0.2, -0.15) is 0 Å². The molecule has 1 aromatic carbocycles. The molecule has 1 heteroatoms. The van der Waals surface area contributed by atoms with Gasteiger partial charge in [0.25, 0.3) is 0 Å². The molecule has 1 aliphatic rings. The Labute approximate surface area is 118 Å². The highest BCUT2D eigenvalue weighted by atomic mass is 14.6. The van der Waals surface area contributed by atoms with Crippen LogP contribution >= 0.6 is 0 Å². The molecule has 0 aromatic heterocycles. The van der Waals surface area contributed by atoms with E-state index < -0.39 is 0 Å². The van der Waals surface area contributed by atoms with Gasteiger partial charge in [-0.3, -0.25) is 0 Å². The van der Waals surface area contributed by atoms with Gasteiger partial charge in [-0.1, -0.05) is 76.1 Å². The van der Waals surface area contributed by atoms with Gasteiger partial charge in [0.1, 0.15) is 0 Å². The molecule has 0 radical (unpaired) electrons. The first kappa shape index (κ1) is 14.6. The van der Waals surface area contributed by atoms with Crippen molar-refractivity contribution in [2.45, 2.75) is 70.8 Å². The topological polar surface area (TPSA) is 26.0 Å². The van der Waals surface area contributed by atoms with Crippen LogP contribution in [0.15, 0.2) is 24.3 Å². The quantitative estimate of drug-likeness (QED) is 0.740. The van der Waals surface area contributed by atoms with Crippen LogP contribution in [-0.2, 0) is 6.42 Å². The highest BCUT2D eigenvalue weighted by Crippen LogP contribution is 2.30. The minimum Gasteiger partial charge on any atom is -0.324 e. The fourth-order valence-electron chi connectivity index (χ4n) is 3.36. The van der Waals surface area contributed by atoms with E-state index in [1.807, 2.05) is 0 Å². The van der Waals surface area contributed by atoms with Crippen molar-refractivity contribution in [3.63, 3.8) is 0 Å². The SMILES string of the molecule is CCCc1cccc(C(N)CC2CCCCCC2)c1. The van der Waals surface area contributed by atoms with E-state index in [-0.39, 0.29) is 6.04 Å². The minimum absolute atomic E-state index is 0.236. The Morgan fingerprint density at radius 2 is 1.89 bits per heavy atom. The maximum atomic E-state index is 6.44. The number of rotatable bonds is 5. The molecule has 2 N–H and O–H groups in total. The average Bonchev–Trinajstić information content (AvgIpc) is 2.68. The first-order valence-electron chi connectivity index (χ1n) is 8.14. The Bertz CT molecular complexity index is 364. The molecule has 0 amide bonds. The Balaban J connectivity index is 1.94. The second kappa shape index (κ2) is 7.69. The Kier molecular flexibility index (Phi) is 5.91. The summed E-state index contributed by atoms with van der Waals surface area (Å²) in [7, 11) is 0. The molecule has 0 spiro atoms. The summed E-state index contributed by atoms with van der Waals surface area (Å²) < 4.78 is 0. The van der Waals surface area contributed by atoms with Crippen LogP contribution in [0.25, 0.3) is 0 Å². The smallest absolute Gasteiger partial charge is 0.0297 e. The van der Waals surface area contributed by atoms with Crippen LogP contribution < -0.4 is 5.73 Å². The van der Waals surface area contributed by atoms with E-state index in [0.717, 1.165) is 5.92 Å². The molecule has 0 saturated heterocycles. The predicted octanol–water partition coefficient (Wildman–Crippen LogP) is 5.00. The van der Waals surface area contributed by atoms with Crippen LogP contribution in [0, 0.1) is 5.92 Å². The molecule has 1 atom stereocenters. The lowest BCUT2D eigenvalue weighted by atomic mass is 9.89. The summed E-state index contributed by atoms with van der Waals surface area (Å²) in [4.78, 5) is 0. The van der Waals surface area contributed by atoms with Gasteiger partial charge in [-0.25, -0.2) is 0 Å². The highest BCUT2D eigenvalue weighted by Gasteiger charge is 2.17. The van der Waals surface area contributed by atoms with Gasteiger partial charge in [0, 0.05) is 6.04 Å². The van der Waals surface area contributed by atoms with E-state index in [1.54, 1.807) is 0 Å². The molecule has 0 heterocycles. The number of nitrogens with two attached hydrogens (primary N) is 1. The molecule has 106 valence electrons. The maximum Gasteiger partial charge on any atom is 0.0297 e. The number of hydrogen-bond donors (Lipinski definition) is 1. The fraction of sp³-hybridized carbons (Fsp3) is 0.667. The van der Waals surface area contributed by atoms with Gasteiger partial charge in [-0.05, 0) is 29.9 Å². The van der Waals surface area contributed by atoms with Crippen LogP contribution in [0.5, 0.6) is 0 Å². The molecule has 0 bridgehead atoms. The molecular formula is C18H29N. The largest absolute Gasteiger partial charge is 0.324 e. The van der Waals surface area contributed by atoms with Crippen molar-refractivity contribution >= 4 is 0 Å². The first-order chi connectivity index (χ1) is 9.29. The lowest BCUT2D eigenvalue weighted by Crippen LogP contribution is -2.15. The monoisotopic (exact) mass is 259 g/mol. The van der Waals surface area contributed by atoms with Crippen molar-refractivity contribution in [1.29, 1.82) is 0 Å². The molecule has 2 rings (SSSR count). The van der Waals surface area contributed by atoms with Crippen molar-refractivity contribution in [3.8, 4) is 0 Å². The van der Waals surface area contributed by atoms with Gasteiger partial charge in [0.15, 0.2) is 0 Å². The van der Waals surface area contributed by atoms with E-state index in [0.29, 0.717) is 0 Å². The molecule has 1 nitrogen and oxygen atoms in total. The first-order valence-corrected chi connectivity index (χ1v) is 8.14. The molecule has 19 heavy (non-hydrogen) atoms. The molecule has 1 fully saturated rings. The normalized spacial score (nSPS) is 19.1. The molecular weight excluding hydrogens is 230 g/mol. The van der Waals surface area contributed by atoms with Gasteiger partial charge in [0.2, 0.25) is 0 Å². The van der Waals surface area contributed by atoms with Crippen molar-refractivity contribution in [3.05, 3.63) is 35.4 Å². The summed E-state index contributed by atoms with van der Waals surface area (Å²) in [6.07, 6.45) is 12.0. The summed E-state index contributed by atoms with van der Waals surface area (Å²) >= 11 is 0. The maximum absolute atomic E-state index is 6.44. The zero-order chi connectivity index (χ0) is 13.5. The van der Waals surface area contributed by atoms with Gasteiger partial charge >= 0.3 is 0 Å². The van der Waals surface area contributed by atoms with Gasteiger partial charge in [-0.15, -0.1) is 0 Å². The Morgan fingerprint density at radius 3 is 2.58 bits per heavy atom. The zero-order valence-corrected chi connectivity index (χ0v) is 12.4. The standard InChI is InChI=1S/C18H29N/c1-2-8-15-11-7-12-17(13-15)18(19)14-16-9-5-3-4-6-10-16/h7,11-13,16,18H,2-6,8-10,14,19H2,1H3. The number of benzene rings is 1.